The monoisotopic (exact) mass is 465 g/mol. The van der Waals surface area contributed by atoms with Crippen molar-refractivity contribution >= 4 is 11.8 Å². The highest BCUT2D eigenvalue weighted by atomic mass is 19.4. The minimum absolute atomic E-state index is 0.0232. The lowest BCUT2D eigenvalue weighted by Crippen LogP contribution is -2.44. The maximum absolute atomic E-state index is 13.1. The van der Waals surface area contributed by atoms with Crippen LogP contribution in [0.5, 0.6) is 0 Å². The highest BCUT2D eigenvalue weighted by Gasteiger charge is 2.34. The fourth-order valence-corrected chi connectivity index (χ4v) is 3.73. The summed E-state index contributed by atoms with van der Waals surface area (Å²) >= 11 is 0. The number of benzene rings is 1. The number of alkyl halides is 3. The molecule has 1 aliphatic carbocycles. The van der Waals surface area contributed by atoms with E-state index < -0.39 is 11.7 Å². The lowest BCUT2D eigenvalue weighted by molar-refractivity contribution is -0.141. The van der Waals surface area contributed by atoms with Crippen molar-refractivity contribution in [2.24, 2.45) is 0 Å². The topological polar surface area (TPSA) is 54.8 Å². The zero-order valence-electron chi connectivity index (χ0n) is 19.0. The molecular formula is C24H30F3N3O3. The third-order valence-corrected chi connectivity index (χ3v) is 5.72. The Morgan fingerprint density at radius 1 is 1.15 bits per heavy atom. The van der Waals surface area contributed by atoms with Crippen molar-refractivity contribution in [3.63, 3.8) is 0 Å². The maximum atomic E-state index is 13.1. The molecule has 1 heterocycles. The van der Waals surface area contributed by atoms with Crippen LogP contribution in [-0.2, 0) is 33.6 Å². The van der Waals surface area contributed by atoms with Crippen molar-refractivity contribution < 1.29 is 27.5 Å². The SMILES string of the molecule is CCC(=O)N(CC(=O)N(CCOC)Cc1cccn1Cc1cccc(C(F)(F)F)c1)C1CC1. The molecule has 1 aromatic carbocycles. The number of amides is 2. The van der Waals surface area contributed by atoms with Gasteiger partial charge in [-0.1, -0.05) is 19.1 Å². The summed E-state index contributed by atoms with van der Waals surface area (Å²) in [6.07, 6.45) is -0.441. The second-order valence-electron chi connectivity index (χ2n) is 8.24. The number of carbonyl (C=O) groups excluding carboxylic acids is 2. The Labute approximate surface area is 191 Å². The molecule has 3 rings (SSSR count). The number of hydrogen-bond donors (Lipinski definition) is 0. The van der Waals surface area contributed by atoms with E-state index in [1.165, 1.54) is 6.07 Å². The average Bonchev–Trinajstić information content (AvgIpc) is 3.54. The molecule has 1 saturated carbocycles. The molecule has 0 bridgehead atoms. The maximum Gasteiger partial charge on any atom is 0.416 e. The molecule has 33 heavy (non-hydrogen) atoms. The fourth-order valence-electron chi connectivity index (χ4n) is 3.73. The van der Waals surface area contributed by atoms with Gasteiger partial charge in [0.25, 0.3) is 0 Å². The highest BCUT2D eigenvalue weighted by Crippen LogP contribution is 2.30. The Bertz CT molecular complexity index is 954. The summed E-state index contributed by atoms with van der Waals surface area (Å²) in [5.74, 6) is -0.210. The first-order chi connectivity index (χ1) is 15.7. The van der Waals surface area contributed by atoms with Crippen molar-refractivity contribution in [1.29, 1.82) is 0 Å². The van der Waals surface area contributed by atoms with Gasteiger partial charge in [0.2, 0.25) is 11.8 Å². The average molecular weight is 466 g/mol. The summed E-state index contributed by atoms with van der Waals surface area (Å²) in [7, 11) is 1.55. The minimum Gasteiger partial charge on any atom is -0.383 e. The summed E-state index contributed by atoms with van der Waals surface area (Å²) in [5, 5.41) is 0. The van der Waals surface area contributed by atoms with Crippen LogP contribution >= 0.6 is 0 Å². The highest BCUT2D eigenvalue weighted by molar-refractivity contribution is 5.85. The third-order valence-electron chi connectivity index (χ3n) is 5.72. The van der Waals surface area contributed by atoms with Gasteiger partial charge in [0.1, 0.15) is 6.54 Å². The Hall–Kier alpha value is -2.81. The molecule has 0 radical (unpaired) electrons. The first-order valence-corrected chi connectivity index (χ1v) is 11.1. The van der Waals surface area contributed by atoms with Crippen molar-refractivity contribution in [3.05, 3.63) is 59.4 Å². The second kappa shape index (κ2) is 10.9. The van der Waals surface area contributed by atoms with Crippen LogP contribution < -0.4 is 0 Å². The second-order valence-corrected chi connectivity index (χ2v) is 8.24. The summed E-state index contributed by atoms with van der Waals surface area (Å²) in [4.78, 5) is 28.7. The van der Waals surface area contributed by atoms with Gasteiger partial charge >= 0.3 is 6.18 Å². The van der Waals surface area contributed by atoms with E-state index in [2.05, 4.69) is 0 Å². The van der Waals surface area contributed by atoms with E-state index in [1.807, 2.05) is 10.6 Å². The molecular weight excluding hydrogens is 435 g/mol. The summed E-state index contributed by atoms with van der Waals surface area (Å²) in [6.45, 7) is 3.02. The van der Waals surface area contributed by atoms with Crippen LogP contribution in [0.1, 0.15) is 43.0 Å². The number of halogens is 3. The summed E-state index contributed by atoms with van der Waals surface area (Å²) < 4.78 is 46.2. The Morgan fingerprint density at radius 3 is 2.55 bits per heavy atom. The largest absolute Gasteiger partial charge is 0.416 e. The van der Waals surface area contributed by atoms with Crippen LogP contribution in [0.2, 0.25) is 0 Å². The number of hydrogen-bond acceptors (Lipinski definition) is 3. The van der Waals surface area contributed by atoms with Crippen LogP contribution in [-0.4, -0.2) is 59.0 Å². The van der Waals surface area contributed by atoms with Gasteiger partial charge in [0.15, 0.2) is 0 Å². The Kier molecular flexibility index (Phi) is 8.18. The molecule has 2 amide bonds. The zero-order valence-corrected chi connectivity index (χ0v) is 19.0. The molecule has 1 aromatic heterocycles. The van der Waals surface area contributed by atoms with E-state index in [1.54, 1.807) is 42.2 Å². The third kappa shape index (κ3) is 6.83. The summed E-state index contributed by atoms with van der Waals surface area (Å²) in [5.41, 5.74) is 0.619. The molecule has 0 saturated heterocycles. The van der Waals surface area contributed by atoms with Gasteiger partial charge in [-0.05, 0) is 42.7 Å². The van der Waals surface area contributed by atoms with Crippen molar-refractivity contribution in [2.45, 2.75) is 51.5 Å². The van der Waals surface area contributed by atoms with Gasteiger partial charge in [0, 0.05) is 44.6 Å². The Morgan fingerprint density at radius 2 is 1.91 bits per heavy atom. The minimum atomic E-state index is -4.40. The number of carbonyl (C=O) groups is 2. The number of ether oxygens (including phenoxy) is 1. The Balaban J connectivity index is 1.73. The summed E-state index contributed by atoms with van der Waals surface area (Å²) in [6, 6.07) is 9.02. The van der Waals surface area contributed by atoms with Crippen LogP contribution in [0, 0.1) is 0 Å². The quantitative estimate of drug-likeness (QED) is 0.505. The van der Waals surface area contributed by atoms with Gasteiger partial charge in [-0.2, -0.15) is 13.2 Å². The predicted molar refractivity (Wildman–Crippen MR) is 117 cm³/mol. The molecule has 1 fully saturated rings. The van der Waals surface area contributed by atoms with Gasteiger partial charge in [0.05, 0.1) is 18.7 Å². The lowest BCUT2D eigenvalue weighted by Gasteiger charge is -2.28. The fraction of sp³-hybridized carbons (Fsp3) is 0.500. The molecule has 2 aromatic rings. The molecule has 0 atom stereocenters. The molecule has 1 aliphatic rings. The smallest absolute Gasteiger partial charge is 0.383 e. The molecule has 0 N–H and O–H groups in total. The van der Waals surface area contributed by atoms with Crippen molar-refractivity contribution in [2.75, 3.05) is 26.8 Å². The standard InChI is InChI=1S/C24H30F3N3O3/c1-3-22(31)30(20-9-10-20)17-23(32)29(12-13-33-2)16-21-8-5-11-28(21)15-18-6-4-7-19(14-18)24(25,26)27/h4-8,11,14,20H,3,9-10,12-13,15-17H2,1-2H3. The van der Waals surface area contributed by atoms with Crippen LogP contribution in [0.25, 0.3) is 0 Å². The predicted octanol–water partition coefficient (Wildman–Crippen LogP) is 3.93. The van der Waals surface area contributed by atoms with E-state index in [-0.39, 0.29) is 37.5 Å². The van der Waals surface area contributed by atoms with Gasteiger partial charge in [-0.25, -0.2) is 0 Å². The molecule has 0 unspecified atom stereocenters. The van der Waals surface area contributed by atoms with Crippen LogP contribution in [0.4, 0.5) is 13.2 Å². The molecule has 180 valence electrons. The number of rotatable bonds is 11. The first kappa shape index (κ1) is 24.8. The van der Waals surface area contributed by atoms with Crippen molar-refractivity contribution in [1.82, 2.24) is 14.4 Å². The molecule has 9 heteroatoms. The van der Waals surface area contributed by atoms with Gasteiger partial charge in [-0.15, -0.1) is 0 Å². The van der Waals surface area contributed by atoms with E-state index in [9.17, 15) is 22.8 Å². The zero-order chi connectivity index (χ0) is 24.0. The van der Waals surface area contributed by atoms with Crippen LogP contribution in [0.3, 0.4) is 0 Å². The molecule has 0 aliphatic heterocycles. The van der Waals surface area contributed by atoms with Crippen LogP contribution in [0.15, 0.2) is 42.6 Å². The number of nitrogens with zero attached hydrogens (tertiary/aromatic N) is 3. The van der Waals surface area contributed by atoms with E-state index in [4.69, 9.17) is 4.74 Å². The van der Waals surface area contributed by atoms with E-state index >= 15 is 0 Å². The van der Waals surface area contributed by atoms with E-state index in [0.717, 1.165) is 30.7 Å². The lowest BCUT2D eigenvalue weighted by atomic mass is 10.1. The van der Waals surface area contributed by atoms with Crippen molar-refractivity contribution in [3.8, 4) is 0 Å². The number of aromatic nitrogens is 1. The first-order valence-electron chi connectivity index (χ1n) is 11.1. The normalized spacial score (nSPS) is 13.7. The van der Waals surface area contributed by atoms with E-state index in [0.29, 0.717) is 25.1 Å². The van der Waals surface area contributed by atoms with Gasteiger partial charge < -0.3 is 19.1 Å². The van der Waals surface area contributed by atoms with Gasteiger partial charge in [-0.3, -0.25) is 9.59 Å². The molecule has 6 nitrogen and oxygen atoms in total. The number of methoxy groups -OCH3 is 1. The molecule has 0 spiro atoms.